The number of carbonyl (C=O) groups is 1. The van der Waals surface area contributed by atoms with Gasteiger partial charge in [0.25, 0.3) is 5.91 Å². The topological polar surface area (TPSA) is 68.0 Å². The molecule has 26 heavy (non-hydrogen) atoms. The number of hydrogen-bond donors (Lipinski definition) is 1. The zero-order chi connectivity index (χ0) is 18.6. The molecule has 0 radical (unpaired) electrons. The van der Waals surface area contributed by atoms with Gasteiger partial charge in [-0.2, -0.15) is 13.2 Å². The molecule has 3 aromatic rings. The summed E-state index contributed by atoms with van der Waals surface area (Å²) in [5.74, 6) is -0.364. The summed E-state index contributed by atoms with van der Waals surface area (Å²) >= 11 is 0. The number of nitrogens with zero attached hydrogens (tertiary/aromatic N) is 2. The maximum Gasteiger partial charge on any atom is 0.416 e. The highest BCUT2D eigenvalue weighted by atomic mass is 19.4. The third-order valence-electron chi connectivity index (χ3n) is 3.67. The lowest BCUT2D eigenvalue weighted by molar-refractivity contribution is -0.137. The molecule has 0 aliphatic heterocycles. The van der Waals surface area contributed by atoms with Gasteiger partial charge in [0, 0.05) is 30.6 Å². The van der Waals surface area contributed by atoms with Crippen molar-refractivity contribution in [1.29, 1.82) is 0 Å². The molecule has 8 heteroatoms. The number of carbonyl (C=O) groups excluding carboxylic acids is 1. The van der Waals surface area contributed by atoms with E-state index in [9.17, 15) is 18.0 Å². The third kappa shape index (κ3) is 4.27. The van der Waals surface area contributed by atoms with Crippen LogP contribution in [0, 0.1) is 0 Å². The van der Waals surface area contributed by atoms with E-state index in [1.165, 1.54) is 18.2 Å². The summed E-state index contributed by atoms with van der Waals surface area (Å²) in [6.45, 7) is 0.384. The van der Waals surface area contributed by atoms with Crippen molar-refractivity contribution in [3.63, 3.8) is 0 Å². The predicted octanol–water partition coefficient (Wildman–Crippen LogP) is 3.73. The van der Waals surface area contributed by atoms with Crippen LogP contribution < -0.4 is 5.32 Å². The van der Waals surface area contributed by atoms with E-state index in [1.54, 1.807) is 12.4 Å². The van der Waals surface area contributed by atoms with Gasteiger partial charge in [-0.05, 0) is 36.2 Å². The third-order valence-corrected chi connectivity index (χ3v) is 3.67. The van der Waals surface area contributed by atoms with E-state index in [2.05, 4.69) is 15.5 Å². The molecular weight excluding hydrogens is 347 g/mol. The Bertz CT molecular complexity index is 892. The van der Waals surface area contributed by atoms with Gasteiger partial charge < -0.3 is 9.84 Å². The zero-order valence-electron chi connectivity index (χ0n) is 13.5. The van der Waals surface area contributed by atoms with Crippen LogP contribution in [-0.2, 0) is 12.6 Å². The Labute approximate surface area is 146 Å². The summed E-state index contributed by atoms with van der Waals surface area (Å²) in [5.41, 5.74) is 0.426. The molecule has 0 unspecified atom stereocenters. The highest BCUT2D eigenvalue weighted by molar-refractivity contribution is 5.93. The van der Waals surface area contributed by atoms with Crippen LogP contribution >= 0.6 is 0 Å². The van der Waals surface area contributed by atoms with Crippen LogP contribution in [0.3, 0.4) is 0 Å². The van der Waals surface area contributed by atoms with Gasteiger partial charge >= 0.3 is 6.18 Å². The Kier molecular flexibility index (Phi) is 5.01. The molecular formula is C18H14F3N3O2. The molecule has 0 spiro atoms. The predicted molar refractivity (Wildman–Crippen MR) is 87.2 cm³/mol. The van der Waals surface area contributed by atoms with Crippen molar-refractivity contribution in [3.8, 4) is 11.3 Å². The molecule has 134 valence electrons. The molecule has 0 fully saturated rings. The Balaban J connectivity index is 1.65. The van der Waals surface area contributed by atoms with Gasteiger partial charge in [0.05, 0.1) is 5.56 Å². The van der Waals surface area contributed by atoms with E-state index in [1.807, 2.05) is 12.1 Å². The largest absolute Gasteiger partial charge is 0.416 e. The van der Waals surface area contributed by atoms with Crippen molar-refractivity contribution in [2.45, 2.75) is 12.6 Å². The summed E-state index contributed by atoms with van der Waals surface area (Å²) in [4.78, 5) is 16.0. The van der Waals surface area contributed by atoms with Crippen LogP contribution in [0.2, 0.25) is 0 Å². The van der Waals surface area contributed by atoms with Crippen molar-refractivity contribution in [2.24, 2.45) is 0 Å². The van der Waals surface area contributed by atoms with Gasteiger partial charge in [-0.1, -0.05) is 17.3 Å². The Morgan fingerprint density at radius 2 is 1.88 bits per heavy atom. The average molecular weight is 361 g/mol. The summed E-state index contributed by atoms with van der Waals surface area (Å²) in [7, 11) is 0. The quantitative estimate of drug-likeness (QED) is 0.752. The molecule has 5 nitrogen and oxygen atoms in total. The summed E-state index contributed by atoms with van der Waals surface area (Å²) in [6.07, 6.45) is -0.512. The first-order chi connectivity index (χ1) is 12.4. The van der Waals surface area contributed by atoms with E-state index in [4.69, 9.17) is 4.52 Å². The van der Waals surface area contributed by atoms with Gasteiger partial charge in [-0.3, -0.25) is 9.78 Å². The van der Waals surface area contributed by atoms with Crippen molar-refractivity contribution in [1.82, 2.24) is 15.5 Å². The van der Waals surface area contributed by atoms with E-state index >= 15 is 0 Å². The number of halogens is 3. The van der Waals surface area contributed by atoms with Gasteiger partial charge in [0.15, 0.2) is 11.5 Å². The fraction of sp³-hybridized carbons (Fsp3) is 0.167. The molecule has 0 saturated carbocycles. The van der Waals surface area contributed by atoms with E-state index in [-0.39, 0.29) is 17.0 Å². The molecule has 0 atom stereocenters. The lowest BCUT2D eigenvalue weighted by atomic mass is 10.1. The van der Waals surface area contributed by atoms with Crippen LogP contribution in [0.1, 0.15) is 21.6 Å². The zero-order valence-corrected chi connectivity index (χ0v) is 13.5. The van der Waals surface area contributed by atoms with E-state index in [0.29, 0.717) is 13.0 Å². The minimum absolute atomic E-state index is 0.00661. The van der Waals surface area contributed by atoms with Crippen molar-refractivity contribution < 1.29 is 22.5 Å². The standard InChI is InChI=1S/C18H14F3N3O2/c19-18(20,21)14-3-1-2-13(10-14)16-11-15(24-26-16)17(25)23-9-6-12-4-7-22-8-5-12/h1-5,7-8,10-11H,6,9H2,(H,23,25). The highest BCUT2D eigenvalue weighted by Gasteiger charge is 2.30. The fourth-order valence-corrected chi connectivity index (χ4v) is 2.33. The first kappa shape index (κ1) is 17.7. The van der Waals surface area contributed by atoms with Crippen LogP contribution in [0.25, 0.3) is 11.3 Å². The van der Waals surface area contributed by atoms with Gasteiger partial charge in [0.1, 0.15) is 0 Å². The van der Waals surface area contributed by atoms with Crippen LogP contribution in [-0.4, -0.2) is 22.6 Å². The average Bonchev–Trinajstić information content (AvgIpc) is 3.12. The van der Waals surface area contributed by atoms with Crippen molar-refractivity contribution in [2.75, 3.05) is 6.54 Å². The maximum atomic E-state index is 12.8. The number of benzene rings is 1. The van der Waals surface area contributed by atoms with Gasteiger partial charge in [0.2, 0.25) is 0 Å². The van der Waals surface area contributed by atoms with Crippen LogP contribution in [0.4, 0.5) is 13.2 Å². The first-order valence-corrected chi connectivity index (χ1v) is 7.75. The molecule has 0 saturated heterocycles. The summed E-state index contributed by atoms with van der Waals surface area (Å²) in [6, 6.07) is 9.65. The minimum atomic E-state index is -4.46. The number of nitrogens with one attached hydrogen (secondary N) is 1. The Morgan fingerprint density at radius 3 is 2.62 bits per heavy atom. The lowest BCUT2D eigenvalue weighted by Gasteiger charge is -2.06. The van der Waals surface area contributed by atoms with Crippen molar-refractivity contribution in [3.05, 3.63) is 71.7 Å². The molecule has 0 bridgehead atoms. The minimum Gasteiger partial charge on any atom is -0.355 e. The highest BCUT2D eigenvalue weighted by Crippen LogP contribution is 2.32. The normalized spacial score (nSPS) is 11.3. The lowest BCUT2D eigenvalue weighted by Crippen LogP contribution is -2.25. The number of aromatic nitrogens is 2. The number of rotatable bonds is 5. The van der Waals surface area contributed by atoms with Crippen LogP contribution in [0.5, 0.6) is 0 Å². The molecule has 2 heterocycles. The fourth-order valence-electron chi connectivity index (χ4n) is 2.33. The molecule has 3 rings (SSSR count). The first-order valence-electron chi connectivity index (χ1n) is 7.75. The number of alkyl halides is 3. The number of pyridine rings is 1. The summed E-state index contributed by atoms with van der Waals surface area (Å²) < 4.78 is 43.4. The Hall–Kier alpha value is -3.16. The second-order valence-electron chi connectivity index (χ2n) is 5.52. The second-order valence-corrected chi connectivity index (χ2v) is 5.52. The molecule has 0 aliphatic rings. The van der Waals surface area contributed by atoms with Gasteiger partial charge in [-0.25, -0.2) is 0 Å². The van der Waals surface area contributed by atoms with E-state index in [0.717, 1.165) is 17.7 Å². The molecule has 1 N–H and O–H groups in total. The smallest absolute Gasteiger partial charge is 0.355 e. The van der Waals surface area contributed by atoms with Crippen LogP contribution in [0.15, 0.2) is 59.4 Å². The van der Waals surface area contributed by atoms with Gasteiger partial charge in [-0.15, -0.1) is 0 Å². The second kappa shape index (κ2) is 7.38. The maximum absolute atomic E-state index is 12.8. The molecule has 1 aromatic carbocycles. The molecule has 0 aliphatic carbocycles. The monoisotopic (exact) mass is 361 g/mol. The number of hydrogen-bond acceptors (Lipinski definition) is 4. The van der Waals surface area contributed by atoms with Crippen molar-refractivity contribution >= 4 is 5.91 Å². The van der Waals surface area contributed by atoms with E-state index < -0.39 is 17.6 Å². The number of amides is 1. The summed E-state index contributed by atoms with van der Waals surface area (Å²) in [5, 5.41) is 6.32. The molecule has 2 aromatic heterocycles. The molecule has 1 amide bonds. The SMILES string of the molecule is O=C(NCCc1ccncc1)c1cc(-c2cccc(C(F)(F)F)c2)on1. The Morgan fingerprint density at radius 1 is 1.12 bits per heavy atom.